The van der Waals surface area contributed by atoms with Crippen molar-refractivity contribution in [2.45, 2.75) is 51.0 Å². The van der Waals surface area contributed by atoms with Crippen molar-refractivity contribution in [1.82, 2.24) is 14.5 Å². The molecule has 1 saturated heterocycles. The van der Waals surface area contributed by atoms with Crippen LogP contribution in [-0.4, -0.2) is 52.2 Å². The normalized spacial score (nSPS) is 24.6. The number of methoxy groups -OCH3 is 1. The number of aromatic nitrogens is 2. The standard InChI is InChI=1S/C31H29N3O7/c1-4-39-15-40-14-16-9-10-20-18(11-16)24-25-19(13-32-28(25)35)23-17-7-5-6-8-21(17)34-27(23)26(24)33(20)22-12-31(37,29(36)38-3)30(34,2)41-22/h5-11,22,37H,4,12-15H2,1-3H3,(H,32,35)/t22?,30-,31-/m0/s1. The zero-order valence-corrected chi connectivity index (χ0v) is 22.9. The lowest BCUT2D eigenvalue weighted by Crippen LogP contribution is -2.56. The van der Waals surface area contributed by atoms with Crippen LogP contribution in [0.15, 0.2) is 42.5 Å². The van der Waals surface area contributed by atoms with Gasteiger partial charge in [0.1, 0.15) is 13.0 Å². The molecule has 210 valence electrons. The Labute approximate surface area is 234 Å². The minimum absolute atomic E-state index is 0.0228. The van der Waals surface area contributed by atoms with E-state index in [-0.39, 0.29) is 19.1 Å². The molecule has 8 rings (SSSR count). The summed E-state index contributed by atoms with van der Waals surface area (Å²) in [6, 6.07) is 13.9. The molecule has 3 aliphatic heterocycles. The van der Waals surface area contributed by atoms with Gasteiger partial charge in [0.15, 0.2) is 5.72 Å². The predicted octanol–water partition coefficient (Wildman–Crippen LogP) is 4.17. The zero-order chi connectivity index (χ0) is 28.3. The molecule has 0 spiro atoms. The number of esters is 1. The summed E-state index contributed by atoms with van der Waals surface area (Å²) in [7, 11) is 1.28. The van der Waals surface area contributed by atoms with Crippen LogP contribution in [0.3, 0.4) is 0 Å². The number of ether oxygens (including phenoxy) is 4. The van der Waals surface area contributed by atoms with E-state index in [2.05, 4.69) is 5.32 Å². The number of fused-ring (bicyclic) bond motifs is 13. The van der Waals surface area contributed by atoms with E-state index in [1.165, 1.54) is 7.11 Å². The van der Waals surface area contributed by atoms with Gasteiger partial charge in [-0.2, -0.15) is 0 Å². The summed E-state index contributed by atoms with van der Waals surface area (Å²) in [5, 5.41) is 18.7. The fourth-order valence-electron chi connectivity index (χ4n) is 7.38. The second-order valence-electron chi connectivity index (χ2n) is 11.1. The van der Waals surface area contributed by atoms with Crippen LogP contribution in [0.4, 0.5) is 0 Å². The minimum atomic E-state index is -1.97. The Morgan fingerprint density at radius 2 is 1.95 bits per heavy atom. The molecule has 3 aromatic carbocycles. The highest BCUT2D eigenvalue weighted by Gasteiger charge is 2.65. The monoisotopic (exact) mass is 555 g/mol. The molecule has 1 fully saturated rings. The molecule has 3 atom stereocenters. The molecule has 5 heterocycles. The Hall–Kier alpha value is -3.96. The molecule has 41 heavy (non-hydrogen) atoms. The average molecular weight is 556 g/mol. The van der Waals surface area contributed by atoms with E-state index in [4.69, 9.17) is 18.9 Å². The largest absolute Gasteiger partial charge is 0.467 e. The first-order chi connectivity index (χ1) is 19.8. The number of amides is 1. The van der Waals surface area contributed by atoms with Crippen molar-refractivity contribution in [2.24, 2.45) is 0 Å². The van der Waals surface area contributed by atoms with Gasteiger partial charge in [-0.15, -0.1) is 0 Å². The molecule has 10 nitrogen and oxygen atoms in total. The third-order valence-electron chi connectivity index (χ3n) is 9.15. The number of aliphatic hydroxyl groups is 1. The summed E-state index contributed by atoms with van der Waals surface area (Å²) < 4.78 is 27.0. The maximum atomic E-state index is 13.5. The lowest BCUT2D eigenvalue weighted by Gasteiger charge is -2.37. The number of nitrogens with zero attached hydrogens (tertiary/aromatic N) is 2. The predicted molar refractivity (Wildman–Crippen MR) is 150 cm³/mol. The van der Waals surface area contributed by atoms with Crippen LogP contribution in [0, 0.1) is 0 Å². The third-order valence-corrected chi connectivity index (χ3v) is 9.15. The Morgan fingerprint density at radius 1 is 1.12 bits per heavy atom. The minimum Gasteiger partial charge on any atom is -0.467 e. The fourth-order valence-corrected chi connectivity index (χ4v) is 7.38. The van der Waals surface area contributed by atoms with Crippen LogP contribution < -0.4 is 5.32 Å². The second kappa shape index (κ2) is 8.29. The van der Waals surface area contributed by atoms with Crippen LogP contribution in [0.1, 0.15) is 48.0 Å². The lowest BCUT2D eigenvalue weighted by atomic mass is 9.88. The Kier molecular flexibility index (Phi) is 5.02. The Morgan fingerprint density at radius 3 is 2.76 bits per heavy atom. The maximum Gasteiger partial charge on any atom is 0.343 e. The van der Waals surface area contributed by atoms with Crippen molar-refractivity contribution in [3.63, 3.8) is 0 Å². The van der Waals surface area contributed by atoms with Gasteiger partial charge in [-0.1, -0.05) is 24.3 Å². The van der Waals surface area contributed by atoms with Gasteiger partial charge in [-0.25, -0.2) is 4.79 Å². The van der Waals surface area contributed by atoms with Gasteiger partial charge in [-0.3, -0.25) is 4.79 Å². The molecular weight excluding hydrogens is 526 g/mol. The van der Waals surface area contributed by atoms with E-state index < -0.39 is 23.5 Å². The number of hydrogen-bond acceptors (Lipinski definition) is 7. The molecule has 0 saturated carbocycles. The van der Waals surface area contributed by atoms with Gasteiger partial charge >= 0.3 is 5.97 Å². The third kappa shape index (κ3) is 2.90. The molecule has 10 heteroatoms. The quantitative estimate of drug-likeness (QED) is 0.184. The highest BCUT2D eigenvalue weighted by atomic mass is 16.7. The second-order valence-corrected chi connectivity index (χ2v) is 11.1. The summed E-state index contributed by atoms with van der Waals surface area (Å²) in [5.74, 6) is -0.875. The van der Waals surface area contributed by atoms with E-state index >= 15 is 0 Å². The summed E-state index contributed by atoms with van der Waals surface area (Å²) in [6.45, 7) is 5.14. The molecule has 3 aliphatic rings. The number of nitrogens with one attached hydrogen (secondary N) is 1. The van der Waals surface area contributed by atoms with E-state index in [0.717, 1.165) is 54.7 Å². The summed E-state index contributed by atoms with van der Waals surface area (Å²) in [4.78, 5) is 26.8. The van der Waals surface area contributed by atoms with Crippen molar-refractivity contribution in [2.75, 3.05) is 20.5 Å². The van der Waals surface area contributed by atoms with Crippen molar-refractivity contribution >= 4 is 55.5 Å². The molecule has 2 bridgehead atoms. The number of carbonyl (C=O) groups is 2. The Bertz CT molecular complexity index is 1970. The molecule has 0 radical (unpaired) electrons. The summed E-state index contributed by atoms with van der Waals surface area (Å²) >= 11 is 0. The number of para-hydroxylation sites is 1. The van der Waals surface area contributed by atoms with Gasteiger partial charge in [0.05, 0.1) is 41.3 Å². The topological polar surface area (TPSA) is 113 Å². The SMILES string of the molecule is CCOCOCc1ccc2c(c1)c1c3c(c4c5ccccc5n5c4c1n2C1C[C@](O)(C(=O)OC)[C@]5(C)O1)CNC3=O. The van der Waals surface area contributed by atoms with Crippen molar-refractivity contribution in [3.8, 4) is 0 Å². The molecule has 1 unspecified atom stereocenters. The van der Waals surface area contributed by atoms with Gasteiger partial charge in [0.2, 0.25) is 5.60 Å². The molecule has 2 N–H and O–H groups in total. The number of benzene rings is 3. The first-order valence-corrected chi connectivity index (χ1v) is 13.8. The molecule has 0 aliphatic carbocycles. The van der Waals surface area contributed by atoms with Gasteiger partial charge in [0.25, 0.3) is 5.91 Å². The first-order valence-electron chi connectivity index (χ1n) is 13.8. The van der Waals surface area contributed by atoms with Crippen molar-refractivity contribution in [1.29, 1.82) is 0 Å². The van der Waals surface area contributed by atoms with Gasteiger partial charge < -0.3 is 38.5 Å². The Balaban J connectivity index is 1.55. The van der Waals surface area contributed by atoms with E-state index in [1.54, 1.807) is 6.92 Å². The maximum absolute atomic E-state index is 13.5. The highest BCUT2D eigenvalue weighted by molar-refractivity contribution is 6.31. The zero-order valence-electron chi connectivity index (χ0n) is 22.9. The van der Waals surface area contributed by atoms with Crippen molar-refractivity contribution < 1.29 is 33.6 Å². The summed E-state index contributed by atoms with van der Waals surface area (Å²) in [6.07, 6.45) is -0.723. The van der Waals surface area contributed by atoms with Crippen LogP contribution in [0.25, 0.3) is 43.6 Å². The van der Waals surface area contributed by atoms with E-state index in [0.29, 0.717) is 25.3 Å². The van der Waals surface area contributed by atoms with Gasteiger partial charge in [-0.05, 0) is 43.2 Å². The molecule has 2 aromatic heterocycles. The fraction of sp³-hybridized carbons (Fsp3) is 0.355. The average Bonchev–Trinajstić information content (AvgIpc) is 3.67. The van der Waals surface area contributed by atoms with Gasteiger partial charge in [0, 0.05) is 41.1 Å². The van der Waals surface area contributed by atoms with Crippen LogP contribution in [0.5, 0.6) is 0 Å². The molecular formula is C31H29N3O7. The first kappa shape index (κ1) is 24.8. The number of carbonyl (C=O) groups excluding carboxylic acids is 2. The highest BCUT2D eigenvalue weighted by Crippen LogP contribution is 2.57. The molecule has 5 aromatic rings. The van der Waals surface area contributed by atoms with Crippen LogP contribution >= 0.6 is 0 Å². The van der Waals surface area contributed by atoms with E-state index in [9.17, 15) is 14.7 Å². The van der Waals surface area contributed by atoms with Crippen LogP contribution in [0.2, 0.25) is 0 Å². The number of rotatable bonds is 6. The number of hydrogen-bond donors (Lipinski definition) is 2. The van der Waals surface area contributed by atoms with Crippen molar-refractivity contribution in [3.05, 3.63) is 59.2 Å². The molecule has 1 amide bonds. The smallest absolute Gasteiger partial charge is 0.343 e. The van der Waals surface area contributed by atoms with Crippen LogP contribution in [-0.2, 0) is 42.6 Å². The van der Waals surface area contributed by atoms with E-state index in [1.807, 2.05) is 58.5 Å². The summed E-state index contributed by atoms with van der Waals surface area (Å²) in [5.41, 5.74) is 2.32. The lowest BCUT2D eigenvalue weighted by molar-refractivity contribution is -0.202.